The molecule has 0 saturated heterocycles. The SMILES string of the molecule is COC(=O)Cc1cc(O)c(OC(F)(F)F)nc1CCl. The number of rotatable bonds is 4. The molecule has 0 aliphatic carbocycles. The molecule has 1 aromatic rings. The van der Waals surface area contributed by atoms with E-state index in [2.05, 4.69) is 14.5 Å². The molecule has 19 heavy (non-hydrogen) atoms. The largest absolute Gasteiger partial charge is 0.574 e. The van der Waals surface area contributed by atoms with E-state index in [1.54, 1.807) is 0 Å². The fraction of sp³-hybridized carbons (Fsp3) is 0.400. The summed E-state index contributed by atoms with van der Waals surface area (Å²) in [6, 6.07) is 0.933. The lowest BCUT2D eigenvalue weighted by atomic mass is 10.1. The molecule has 0 radical (unpaired) electrons. The first-order chi connectivity index (χ1) is 8.76. The third-order valence-electron chi connectivity index (χ3n) is 2.04. The van der Waals surface area contributed by atoms with Crippen molar-refractivity contribution in [1.29, 1.82) is 0 Å². The molecule has 1 N–H and O–H groups in total. The second-order valence-electron chi connectivity index (χ2n) is 3.35. The number of aromatic nitrogens is 1. The van der Waals surface area contributed by atoms with Crippen LogP contribution in [0.2, 0.25) is 0 Å². The van der Waals surface area contributed by atoms with E-state index < -0.39 is 24.0 Å². The van der Waals surface area contributed by atoms with Crippen LogP contribution in [-0.4, -0.2) is 29.5 Å². The summed E-state index contributed by atoms with van der Waals surface area (Å²) in [5.41, 5.74) is 0.151. The van der Waals surface area contributed by atoms with Crippen LogP contribution in [0.3, 0.4) is 0 Å². The van der Waals surface area contributed by atoms with Crippen LogP contribution in [0.15, 0.2) is 6.07 Å². The number of aromatic hydroxyl groups is 1. The van der Waals surface area contributed by atoms with E-state index in [4.69, 9.17) is 11.6 Å². The van der Waals surface area contributed by atoms with Crippen LogP contribution in [-0.2, 0) is 21.8 Å². The highest BCUT2D eigenvalue weighted by Crippen LogP contribution is 2.31. The molecule has 0 aliphatic heterocycles. The highest BCUT2D eigenvalue weighted by atomic mass is 35.5. The van der Waals surface area contributed by atoms with Crippen molar-refractivity contribution in [2.24, 2.45) is 0 Å². The Morgan fingerprint density at radius 3 is 2.63 bits per heavy atom. The van der Waals surface area contributed by atoms with Crippen molar-refractivity contribution >= 4 is 17.6 Å². The van der Waals surface area contributed by atoms with Crippen LogP contribution >= 0.6 is 11.6 Å². The van der Waals surface area contributed by atoms with Crippen LogP contribution < -0.4 is 4.74 Å². The number of hydrogen-bond donors (Lipinski definition) is 1. The highest BCUT2D eigenvalue weighted by Gasteiger charge is 2.33. The smallest absolute Gasteiger partial charge is 0.503 e. The zero-order chi connectivity index (χ0) is 14.6. The topological polar surface area (TPSA) is 68.7 Å². The van der Waals surface area contributed by atoms with Crippen molar-refractivity contribution in [3.8, 4) is 11.6 Å². The predicted molar refractivity (Wildman–Crippen MR) is 57.9 cm³/mol. The third kappa shape index (κ3) is 4.47. The number of halogens is 4. The van der Waals surface area contributed by atoms with Crippen LogP contribution in [0.25, 0.3) is 0 Å². The Kier molecular flexibility index (Phi) is 4.82. The number of hydrogen-bond acceptors (Lipinski definition) is 5. The van der Waals surface area contributed by atoms with E-state index in [0.29, 0.717) is 0 Å². The van der Waals surface area contributed by atoms with Gasteiger partial charge in [-0.15, -0.1) is 24.8 Å². The molecular formula is C10H9ClF3NO4. The van der Waals surface area contributed by atoms with Crippen molar-refractivity contribution < 1.29 is 32.5 Å². The zero-order valence-corrected chi connectivity index (χ0v) is 10.4. The lowest BCUT2D eigenvalue weighted by Gasteiger charge is -2.12. The van der Waals surface area contributed by atoms with Gasteiger partial charge >= 0.3 is 12.3 Å². The van der Waals surface area contributed by atoms with Gasteiger partial charge in [0.1, 0.15) is 0 Å². The van der Waals surface area contributed by atoms with Gasteiger partial charge in [0, 0.05) is 0 Å². The fourth-order valence-electron chi connectivity index (χ4n) is 1.24. The number of pyridine rings is 1. The van der Waals surface area contributed by atoms with E-state index in [0.717, 1.165) is 13.2 Å². The maximum absolute atomic E-state index is 12.0. The van der Waals surface area contributed by atoms with Crippen molar-refractivity contribution in [3.05, 3.63) is 17.3 Å². The number of methoxy groups -OCH3 is 1. The first kappa shape index (κ1) is 15.4. The summed E-state index contributed by atoms with van der Waals surface area (Å²) < 4.78 is 44.1. The first-order valence-corrected chi connectivity index (χ1v) is 5.40. The van der Waals surface area contributed by atoms with Crippen molar-refractivity contribution in [2.45, 2.75) is 18.7 Å². The summed E-state index contributed by atoms with van der Waals surface area (Å²) in [5, 5.41) is 9.38. The Morgan fingerprint density at radius 2 is 2.16 bits per heavy atom. The van der Waals surface area contributed by atoms with Gasteiger partial charge in [0.15, 0.2) is 5.75 Å². The van der Waals surface area contributed by atoms with Gasteiger partial charge in [0.05, 0.1) is 25.1 Å². The van der Waals surface area contributed by atoms with Crippen molar-refractivity contribution in [2.75, 3.05) is 7.11 Å². The number of carbonyl (C=O) groups is 1. The molecule has 106 valence electrons. The monoisotopic (exact) mass is 299 g/mol. The quantitative estimate of drug-likeness (QED) is 0.681. The maximum atomic E-state index is 12.0. The molecule has 0 atom stereocenters. The summed E-state index contributed by atoms with van der Waals surface area (Å²) in [6.45, 7) is 0. The van der Waals surface area contributed by atoms with Crippen molar-refractivity contribution in [3.63, 3.8) is 0 Å². The molecule has 0 bridgehead atoms. The Hall–Kier alpha value is -1.70. The molecule has 0 unspecified atom stereocenters. The maximum Gasteiger partial charge on any atom is 0.574 e. The normalized spacial score (nSPS) is 11.2. The van der Waals surface area contributed by atoms with Gasteiger partial charge in [-0.2, -0.15) is 0 Å². The molecule has 1 heterocycles. The van der Waals surface area contributed by atoms with Gasteiger partial charge in [0.2, 0.25) is 0 Å². The predicted octanol–water partition coefficient (Wildman–Crippen LogP) is 2.14. The fourth-order valence-corrected chi connectivity index (χ4v) is 1.47. The number of nitrogens with zero attached hydrogens (tertiary/aromatic N) is 1. The molecule has 5 nitrogen and oxygen atoms in total. The standard InChI is InChI=1S/C10H9ClF3NO4/c1-18-8(17)3-5-2-7(16)9(15-6(5)4-11)19-10(12,13)14/h2,16H,3-4H2,1H3. The Morgan fingerprint density at radius 1 is 1.53 bits per heavy atom. The average molecular weight is 300 g/mol. The van der Waals surface area contributed by atoms with Gasteiger partial charge in [-0.25, -0.2) is 4.98 Å². The summed E-state index contributed by atoms with van der Waals surface area (Å²) in [7, 11) is 1.15. The van der Waals surface area contributed by atoms with Crippen LogP contribution in [0.1, 0.15) is 11.3 Å². The second kappa shape index (κ2) is 5.96. The molecule has 9 heteroatoms. The van der Waals surface area contributed by atoms with E-state index in [1.807, 2.05) is 0 Å². The molecule has 0 aromatic carbocycles. The number of carbonyl (C=O) groups excluding carboxylic acids is 1. The molecule has 0 aliphatic rings. The summed E-state index contributed by atoms with van der Waals surface area (Å²) in [6.07, 6.45) is -5.26. The van der Waals surface area contributed by atoms with E-state index >= 15 is 0 Å². The van der Waals surface area contributed by atoms with Gasteiger partial charge in [0.25, 0.3) is 5.88 Å². The van der Waals surface area contributed by atoms with Crippen LogP contribution in [0.4, 0.5) is 13.2 Å². The second-order valence-corrected chi connectivity index (χ2v) is 3.62. The minimum Gasteiger partial charge on any atom is -0.503 e. The van der Waals surface area contributed by atoms with Gasteiger partial charge in [-0.1, -0.05) is 0 Å². The molecule has 0 spiro atoms. The molecule has 0 saturated carbocycles. The Labute approximate surface area is 110 Å². The van der Waals surface area contributed by atoms with Gasteiger partial charge < -0.3 is 14.6 Å². The molecule has 0 amide bonds. The lowest BCUT2D eigenvalue weighted by Crippen LogP contribution is -2.19. The van der Waals surface area contributed by atoms with Gasteiger partial charge in [-0.05, 0) is 11.6 Å². The summed E-state index contributed by atoms with van der Waals surface area (Å²) in [4.78, 5) is 14.5. The number of ether oxygens (including phenoxy) is 2. The third-order valence-corrected chi connectivity index (χ3v) is 2.29. The van der Waals surface area contributed by atoms with E-state index in [9.17, 15) is 23.1 Å². The highest BCUT2D eigenvalue weighted by molar-refractivity contribution is 6.17. The first-order valence-electron chi connectivity index (χ1n) is 4.87. The van der Waals surface area contributed by atoms with Crippen molar-refractivity contribution in [1.82, 2.24) is 4.98 Å². The zero-order valence-electron chi connectivity index (χ0n) is 9.62. The molecular weight excluding hydrogens is 291 g/mol. The van der Waals surface area contributed by atoms with Gasteiger partial charge in [-0.3, -0.25) is 4.79 Å². The average Bonchev–Trinajstić information content (AvgIpc) is 2.30. The molecule has 1 aromatic heterocycles. The van der Waals surface area contributed by atoms with E-state index in [1.165, 1.54) is 0 Å². The Bertz CT molecular complexity index is 479. The minimum atomic E-state index is -4.99. The Balaban J connectivity index is 3.10. The molecule has 0 fully saturated rings. The summed E-state index contributed by atoms with van der Waals surface area (Å²) in [5.74, 6) is -2.75. The number of esters is 1. The minimum absolute atomic E-state index is 0.0101. The van der Waals surface area contributed by atoms with Crippen LogP contribution in [0.5, 0.6) is 11.6 Å². The molecule has 1 rings (SSSR count). The van der Waals surface area contributed by atoms with Crippen LogP contribution in [0, 0.1) is 0 Å². The van der Waals surface area contributed by atoms with E-state index in [-0.39, 0.29) is 23.6 Å². The summed E-state index contributed by atoms with van der Waals surface area (Å²) >= 11 is 5.52. The lowest BCUT2D eigenvalue weighted by molar-refractivity contribution is -0.276. The number of alkyl halides is 4.